The molecule has 0 aliphatic rings. The van der Waals surface area contributed by atoms with Gasteiger partial charge >= 0.3 is 0 Å². The summed E-state index contributed by atoms with van der Waals surface area (Å²) in [6, 6.07) is 0. The van der Waals surface area contributed by atoms with Gasteiger partial charge in [0.2, 0.25) is 0 Å². The summed E-state index contributed by atoms with van der Waals surface area (Å²) >= 11 is 1.73. The lowest BCUT2D eigenvalue weighted by molar-refractivity contribution is 0.201. The van der Waals surface area contributed by atoms with Crippen LogP contribution in [0.5, 0.6) is 0 Å². The SMILES string of the molecule is CCc1nc(CCOC)cs1. The summed E-state index contributed by atoms with van der Waals surface area (Å²) in [7, 11) is 1.72. The summed E-state index contributed by atoms with van der Waals surface area (Å²) in [6.45, 7) is 2.89. The van der Waals surface area contributed by atoms with Crippen LogP contribution in [0, 0.1) is 0 Å². The van der Waals surface area contributed by atoms with E-state index in [0.717, 1.165) is 25.1 Å². The normalized spacial score (nSPS) is 10.4. The smallest absolute Gasteiger partial charge is 0.0925 e. The van der Waals surface area contributed by atoms with E-state index in [-0.39, 0.29) is 0 Å². The van der Waals surface area contributed by atoms with Gasteiger partial charge in [0.05, 0.1) is 17.3 Å². The lowest BCUT2D eigenvalue weighted by Gasteiger charge is -1.92. The van der Waals surface area contributed by atoms with E-state index in [1.165, 1.54) is 5.01 Å². The molecule has 2 nitrogen and oxygen atoms in total. The molecule has 0 amide bonds. The third-order valence-electron chi connectivity index (χ3n) is 1.46. The van der Waals surface area contributed by atoms with Crippen LogP contribution in [0.25, 0.3) is 0 Å². The van der Waals surface area contributed by atoms with Crippen LogP contribution in [-0.2, 0) is 17.6 Å². The molecule has 0 aliphatic carbocycles. The van der Waals surface area contributed by atoms with Gasteiger partial charge < -0.3 is 4.74 Å². The van der Waals surface area contributed by atoms with Crippen molar-refractivity contribution in [1.29, 1.82) is 0 Å². The number of hydrogen-bond donors (Lipinski definition) is 0. The zero-order valence-corrected chi connectivity index (χ0v) is 7.78. The lowest BCUT2D eigenvalue weighted by Crippen LogP contribution is -1.94. The first kappa shape index (κ1) is 8.68. The highest BCUT2D eigenvalue weighted by Gasteiger charge is 1.98. The van der Waals surface area contributed by atoms with Crippen molar-refractivity contribution in [2.45, 2.75) is 19.8 Å². The zero-order chi connectivity index (χ0) is 8.10. The van der Waals surface area contributed by atoms with Gasteiger partial charge in [-0.05, 0) is 6.42 Å². The molecule has 1 heterocycles. The molecule has 11 heavy (non-hydrogen) atoms. The standard InChI is InChI=1S/C8H13NOS/c1-3-8-9-7(6-11-8)4-5-10-2/h6H,3-5H2,1-2H3. The van der Waals surface area contributed by atoms with Crippen molar-refractivity contribution in [3.63, 3.8) is 0 Å². The van der Waals surface area contributed by atoms with Gasteiger partial charge in [0.25, 0.3) is 0 Å². The molecule has 0 radical (unpaired) electrons. The number of ether oxygens (including phenoxy) is 1. The Balaban J connectivity index is 2.44. The lowest BCUT2D eigenvalue weighted by atomic mass is 10.3. The fourth-order valence-electron chi connectivity index (χ4n) is 0.833. The monoisotopic (exact) mass is 171 g/mol. The largest absolute Gasteiger partial charge is 0.384 e. The van der Waals surface area contributed by atoms with Gasteiger partial charge in [0, 0.05) is 18.9 Å². The summed E-state index contributed by atoms with van der Waals surface area (Å²) < 4.78 is 4.95. The van der Waals surface area contributed by atoms with Gasteiger partial charge in [-0.2, -0.15) is 0 Å². The van der Waals surface area contributed by atoms with E-state index < -0.39 is 0 Å². The van der Waals surface area contributed by atoms with Crippen LogP contribution in [0.15, 0.2) is 5.38 Å². The average Bonchev–Trinajstić information content (AvgIpc) is 2.48. The highest BCUT2D eigenvalue weighted by molar-refractivity contribution is 7.09. The van der Waals surface area contributed by atoms with Gasteiger partial charge in [0.1, 0.15) is 0 Å². The molecule has 0 N–H and O–H groups in total. The third kappa shape index (κ3) is 2.60. The van der Waals surface area contributed by atoms with Gasteiger partial charge in [-0.3, -0.25) is 0 Å². The second kappa shape index (κ2) is 4.46. The molecule has 1 rings (SSSR count). The summed E-state index contributed by atoms with van der Waals surface area (Å²) in [4.78, 5) is 4.40. The maximum Gasteiger partial charge on any atom is 0.0925 e. The van der Waals surface area contributed by atoms with Crippen LogP contribution < -0.4 is 0 Å². The van der Waals surface area contributed by atoms with Gasteiger partial charge in [-0.15, -0.1) is 11.3 Å². The molecule has 0 fully saturated rings. The predicted octanol–water partition coefficient (Wildman–Crippen LogP) is 1.89. The van der Waals surface area contributed by atoms with E-state index in [1.807, 2.05) is 0 Å². The molecule has 1 aromatic heterocycles. The summed E-state index contributed by atoms with van der Waals surface area (Å²) in [5.74, 6) is 0. The van der Waals surface area contributed by atoms with Crippen molar-refractivity contribution in [2.75, 3.05) is 13.7 Å². The molecule has 0 spiro atoms. The maximum atomic E-state index is 4.95. The van der Waals surface area contributed by atoms with Crippen molar-refractivity contribution in [3.05, 3.63) is 16.1 Å². The molecular weight excluding hydrogens is 158 g/mol. The van der Waals surface area contributed by atoms with E-state index >= 15 is 0 Å². The summed E-state index contributed by atoms with van der Waals surface area (Å²) in [5.41, 5.74) is 1.16. The number of thiazole rings is 1. The Bertz CT molecular complexity index is 210. The number of hydrogen-bond acceptors (Lipinski definition) is 3. The molecular formula is C8H13NOS. The van der Waals surface area contributed by atoms with E-state index in [1.54, 1.807) is 18.4 Å². The number of nitrogens with zero attached hydrogens (tertiary/aromatic N) is 1. The van der Waals surface area contributed by atoms with E-state index in [4.69, 9.17) is 4.74 Å². The highest BCUT2D eigenvalue weighted by atomic mass is 32.1. The van der Waals surface area contributed by atoms with Crippen molar-refractivity contribution in [3.8, 4) is 0 Å². The fraction of sp³-hybridized carbons (Fsp3) is 0.625. The predicted molar refractivity (Wildman–Crippen MR) is 47.1 cm³/mol. The van der Waals surface area contributed by atoms with Crippen LogP contribution in [-0.4, -0.2) is 18.7 Å². The van der Waals surface area contributed by atoms with Crippen molar-refractivity contribution >= 4 is 11.3 Å². The Hall–Kier alpha value is -0.410. The minimum Gasteiger partial charge on any atom is -0.384 e. The number of aryl methyl sites for hydroxylation is 1. The molecule has 0 aliphatic heterocycles. The van der Waals surface area contributed by atoms with Gasteiger partial charge in [-0.25, -0.2) is 4.98 Å². The Labute approximate surface area is 71.2 Å². The molecule has 0 saturated heterocycles. The van der Waals surface area contributed by atoms with Crippen LogP contribution in [0.2, 0.25) is 0 Å². The second-order valence-corrected chi connectivity index (χ2v) is 3.27. The topological polar surface area (TPSA) is 22.1 Å². The molecule has 1 aromatic rings. The molecule has 0 unspecified atom stereocenters. The van der Waals surface area contributed by atoms with Crippen LogP contribution in [0.1, 0.15) is 17.6 Å². The van der Waals surface area contributed by atoms with Crippen molar-refractivity contribution in [2.24, 2.45) is 0 Å². The molecule has 3 heteroatoms. The zero-order valence-electron chi connectivity index (χ0n) is 6.96. The average molecular weight is 171 g/mol. The summed E-state index contributed by atoms with van der Waals surface area (Å²) in [6.07, 6.45) is 1.98. The van der Waals surface area contributed by atoms with Crippen LogP contribution >= 0.6 is 11.3 Å². The quantitative estimate of drug-likeness (QED) is 0.690. The Morgan fingerprint density at radius 2 is 2.45 bits per heavy atom. The minimum atomic E-state index is 0.771. The molecule has 0 aromatic carbocycles. The third-order valence-corrected chi connectivity index (χ3v) is 2.51. The van der Waals surface area contributed by atoms with E-state index in [9.17, 15) is 0 Å². The number of rotatable bonds is 4. The molecule has 0 atom stereocenters. The molecule has 0 saturated carbocycles. The first-order valence-electron chi connectivity index (χ1n) is 3.79. The minimum absolute atomic E-state index is 0.771. The van der Waals surface area contributed by atoms with Gasteiger partial charge in [-0.1, -0.05) is 6.92 Å². The summed E-state index contributed by atoms with van der Waals surface area (Å²) in [5, 5.41) is 3.33. The van der Waals surface area contributed by atoms with Crippen LogP contribution in [0.4, 0.5) is 0 Å². The van der Waals surface area contributed by atoms with Crippen molar-refractivity contribution in [1.82, 2.24) is 4.98 Å². The second-order valence-electron chi connectivity index (χ2n) is 2.33. The Morgan fingerprint density at radius 1 is 1.64 bits per heavy atom. The Kier molecular flexibility index (Phi) is 3.52. The van der Waals surface area contributed by atoms with Gasteiger partial charge in [0.15, 0.2) is 0 Å². The van der Waals surface area contributed by atoms with E-state index in [0.29, 0.717) is 0 Å². The Morgan fingerprint density at radius 3 is 3.00 bits per heavy atom. The van der Waals surface area contributed by atoms with Crippen LogP contribution in [0.3, 0.4) is 0 Å². The fourth-order valence-corrected chi connectivity index (χ4v) is 1.61. The number of aromatic nitrogens is 1. The maximum absolute atomic E-state index is 4.95. The highest BCUT2D eigenvalue weighted by Crippen LogP contribution is 2.10. The molecule has 0 bridgehead atoms. The van der Waals surface area contributed by atoms with Crippen molar-refractivity contribution < 1.29 is 4.74 Å². The van der Waals surface area contributed by atoms with E-state index in [2.05, 4.69) is 17.3 Å². The molecule has 62 valence electrons. The first-order chi connectivity index (χ1) is 5.36. The first-order valence-corrected chi connectivity index (χ1v) is 4.67. The number of methoxy groups -OCH3 is 1.